The van der Waals surface area contributed by atoms with Crippen molar-refractivity contribution in [2.24, 2.45) is 0 Å². The summed E-state index contributed by atoms with van der Waals surface area (Å²) in [7, 11) is 0. The van der Waals surface area contributed by atoms with E-state index in [9.17, 15) is 9.59 Å². The molecule has 0 bridgehead atoms. The molecule has 2 amide bonds. The van der Waals surface area contributed by atoms with Gasteiger partial charge in [-0.2, -0.15) is 0 Å². The van der Waals surface area contributed by atoms with Gasteiger partial charge in [0.05, 0.1) is 17.3 Å². The molecule has 1 N–H and O–H groups in total. The van der Waals surface area contributed by atoms with Crippen molar-refractivity contribution in [3.05, 3.63) is 40.7 Å². The van der Waals surface area contributed by atoms with E-state index >= 15 is 0 Å². The first kappa shape index (κ1) is 17.5. The molecular formula is C18H22N4O2S. The fourth-order valence-electron chi connectivity index (χ4n) is 2.79. The quantitative estimate of drug-likeness (QED) is 0.896. The molecule has 0 spiro atoms. The van der Waals surface area contributed by atoms with Crippen molar-refractivity contribution in [3.63, 3.8) is 0 Å². The Hall–Kier alpha value is -2.28. The zero-order valence-corrected chi connectivity index (χ0v) is 15.7. The number of nitrogens with one attached hydrogen (secondary N) is 1. The first-order valence-electron chi connectivity index (χ1n) is 8.22. The molecule has 132 valence electrons. The van der Waals surface area contributed by atoms with Crippen molar-refractivity contribution in [1.29, 1.82) is 0 Å². The maximum atomic E-state index is 12.8. The topological polar surface area (TPSA) is 75.2 Å². The maximum Gasteiger partial charge on any atom is 0.237 e. The summed E-state index contributed by atoms with van der Waals surface area (Å²) < 4.78 is 0. The van der Waals surface area contributed by atoms with Crippen LogP contribution in [0.25, 0.3) is 0 Å². The number of nitrogens with zero attached hydrogens (tertiary/aromatic N) is 3. The van der Waals surface area contributed by atoms with Gasteiger partial charge in [-0.1, -0.05) is 26.8 Å². The predicted molar refractivity (Wildman–Crippen MR) is 97.5 cm³/mol. The molecule has 0 saturated heterocycles. The summed E-state index contributed by atoms with van der Waals surface area (Å²) in [5, 5.41) is 5.43. The fraction of sp³-hybridized carbons (Fsp3) is 0.444. The van der Waals surface area contributed by atoms with Crippen LogP contribution in [-0.4, -0.2) is 33.2 Å². The molecular weight excluding hydrogens is 336 g/mol. The molecule has 3 heterocycles. The molecule has 0 radical (unpaired) electrons. The van der Waals surface area contributed by atoms with Crippen LogP contribution in [0.2, 0.25) is 0 Å². The number of thiazole rings is 1. The summed E-state index contributed by atoms with van der Waals surface area (Å²) in [4.78, 5) is 35.2. The lowest BCUT2D eigenvalue weighted by Crippen LogP contribution is -2.41. The lowest BCUT2D eigenvalue weighted by atomic mass is 9.93. The Morgan fingerprint density at radius 3 is 2.76 bits per heavy atom. The Kier molecular flexibility index (Phi) is 4.60. The lowest BCUT2D eigenvalue weighted by Gasteiger charge is -2.32. The summed E-state index contributed by atoms with van der Waals surface area (Å²) >= 11 is 1.41. The van der Waals surface area contributed by atoms with Gasteiger partial charge in [-0.25, -0.2) is 4.98 Å². The van der Waals surface area contributed by atoms with E-state index in [0.717, 1.165) is 17.0 Å². The van der Waals surface area contributed by atoms with Gasteiger partial charge in [-0.15, -0.1) is 11.3 Å². The molecule has 1 aliphatic rings. The van der Waals surface area contributed by atoms with Crippen LogP contribution >= 0.6 is 11.3 Å². The number of carbonyl (C=O) groups is 2. The van der Waals surface area contributed by atoms with Crippen LogP contribution in [0.3, 0.4) is 0 Å². The van der Waals surface area contributed by atoms with Crippen molar-refractivity contribution in [1.82, 2.24) is 14.9 Å². The van der Waals surface area contributed by atoms with Gasteiger partial charge in [-0.3, -0.25) is 14.6 Å². The third kappa shape index (κ3) is 3.71. The van der Waals surface area contributed by atoms with Crippen LogP contribution in [0.15, 0.2) is 23.7 Å². The molecule has 1 aliphatic heterocycles. The van der Waals surface area contributed by atoms with Gasteiger partial charge in [-0.05, 0) is 11.6 Å². The average Bonchev–Trinajstić information content (AvgIpc) is 3.02. The highest BCUT2D eigenvalue weighted by Gasteiger charge is 2.33. The van der Waals surface area contributed by atoms with E-state index in [1.54, 1.807) is 11.1 Å². The number of rotatable bonds is 2. The normalized spacial score (nSPS) is 17.1. The third-order valence-corrected chi connectivity index (χ3v) is 5.04. The Morgan fingerprint density at radius 2 is 2.12 bits per heavy atom. The number of pyridine rings is 1. The van der Waals surface area contributed by atoms with Crippen molar-refractivity contribution in [3.8, 4) is 0 Å². The Bertz CT molecular complexity index is 809. The number of anilines is 1. The largest absolute Gasteiger partial charge is 0.337 e. The van der Waals surface area contributed by atoms with Crippen molar-refractivity contribution < 1.29 is 9.59 Å². The summed E-state index contributed by atoms with van der Waals surface area (Å²) in [6.45, 7) is 8.60. The Morgan fingerprint density at radius 1 is 1.36 bits per heavy atom. The first-order valence-corrected chi connectivity index (χ1v) is 9.10. The van der Waals surface area contributed by atoms with E-state index in [1.165, 1.54) is 18.3 Å². The second-order valence-electron chi connectivity index (χ2n) is 7.28. The monoisotopic (exact) mass is 358 g/mol. The molecule has 6 nitrogen and oxygen atoms in total. The van der Waals surface area contributed by atoms with Gasteiger partial charge in [0.15, 0.2) is 5.13 Å². The van der Waals surface area contributed by atoms with Crippen molar-refractivity contribution in [2.75, 3.05) is 11.9 Å². The number of hydrogen-bond acceptors (Lipinski definition) is 5. The second-order valence-corrected chi connectivity index (χ2v) is 8.14. The van der Waals surface area contributed by atoms with Crippen LogP contribution < -0.4 is 5.32 Å². The van der Waals surface area contributed by atoms with E-state index in [-0.39, 0.29) is 17.2 Å². The van der Waals surface area contributed by atoms with E-state index in [4.69, 9.17) is 0 Å². The van der Waals surface area contributed by atoms with Crippen molar-refractivity contribution in [2.45, 2.75) is 45.6 Å². The molecule has 7 heteroatoms. The van der Waals surface area contributed by atoms with E-state index in [2.05, 4.69) is 36.1 Å². The number of hydrogen-bond donors (Lipinski definition) is 1. The number of amides is 2. The minimum absolute atomic E-state index is 0.0448. The summed E-state index contributed by atoms with van der Waals surface area (Å²) in [5.74, 6) is -0.715. The van der Waals surface area contributed by atoms with E-state index in [0.29, 0.717) is 18.2 Å². The summed E-state index contributed by atoms with van der Waals surface area (Å²) in [6, 6.07) is 3.74. The molecule has 2 aromatic heterocycles. The fourth-order valence-corrected chi connectivity index (χ4v) is 3.73. The van der Waals surface area contributed by atoms with Gasteiger partial charge in [0, 0.05) is 37.0 Å². The van der Waals surface area contributed by atoms with Crippen molar-refractivity contribution >= 4 is 28.3 Å². The molecule has 2 aromatic rings. The van der Waals surface area contributed by atoms with Gasteiger partial charge >= 0.3 is 0 Å². The average molecular weight is 358 g/mol. The van der Waals surface area contributed by atoms with Gasteiger partial charge in [0.2, 0.25) is 11.8 Å². The van der Waals surface area contributed by atoms with E-state index < -0.39 is 5.92 Å². The SMILES string of the molecule is CC(=O)N1Cc2cccnc2C(C(=O)Nc2nc(C(C)(C)C)cs2)C1. The second kappa shape index (κ2) is 6.55. The molecule has 1 atom stereocenters. The van der Waals surface area contributed by atoms with Crippen LogP contribution in [0.5, 0.6) is 0 Å². The smallest absolute Gasteiger partial charge is 0.237 e. The zero-order valence-electron chi connectivity index (χ0n) is 14.9. The van der Waals surface area contributed by atoms with Gasteiger partial charge < -0.3 is 10.2 Å². The molecule has 0 aromatic carbocycles. The van der Waals surface area contributed by atoms with Crippen LogP contribution in [0.1, 0.15) is 50.6 Å². The molecule has 0 fully saturated rings. The van der Waals surface area contributed by atoms with Crippen LogP contribution in [-0.2, 0) is 21.5 Å². The third-order valence-electron chi connectivity index (χ3n) is 4.28. The van der Waals surface area contributed by atoms with Crippen LogP contribution in [0.4, 0.5) is 5.13 Å². The Balaban J connectivity index is 1.83. The number of carbonyl (C=O) groups excluding carboxylic acids is 2. The maximum absolute atomic E-state index is 12.8. The minimum atomic E-state index is -0.490. The van der Waals surface area contributed by atoms with Gasteiger partial charge in [0.25, 0.3) is 0 Å². The molecule has 0 saturated carbocycles. The highest BCUT2D eigenvalue weighted by atomic mass is 32.1. The predicted octanol–water partition coefficient (Wildman–Crippen LogP) is 2.92. The number of fused-ring (bicyclic) bond motifs is 1. The van der Waals surface area contributed by atoms with Gasteiger partial charge in [0.1, 0.15) is 0 Å². The molecule has 25 heavy (non-hydrogen) atoms. The molecule has 0 aliphatic carbocycles. The standard InChI is InChI=1S/C18H22N4O2S/c1-11(23)22-8-12-6-5-7-19-15(12)13(9-22)16(24)21-17-20-14(10-25-17)18(2,3)4/h5-7,10,13H,8-9H2,1-4H3,(H,20,21,24). The summed E-state index contributed by atoms with van der Waals surface area (Å²) in [5.41, 5.74) is 2.54. The highest BCUT2D eigenvalue weighted by Crippen LogP contribution is 2.30. The van der Waals surface area contributed by atoms with E-state index in [1.807, 2.05) is 17.5 Å². The van der Waals surface area contributed by atoms with Crippen LogP contribution in [0, 0.1) is 0 Å². The first-order chi connectivity index (χ1) is 11.8. The zero-order chi connectivity index (χ0) is 18.2. The molecule has 1 unspecified atom stereocenters. The lowest BCUT2D eigenvalue weighted by molar-refractivity contribution is -0.131. The molecule has 3 rings (SSSR count). The minimum Gasteiger partial charge on any atom is -0.337 e. The Labute approximate surface area is 151 Å². The number of aromatic nitrogens is 2. The summed E-state index contributed by atoms with van der Waals surface area (Å²) in [6.07, 6.45) is 1.68. The highest BCUT2D eigenvalue weighted by molar-refractivity contribution is 7.14.